The summed E-state index contributed by atoms with van der Waals surface area (Å²) in [6.07, 6.45) is 11.8. The van der Waals surface area contributed by atoms with Gasteiger partial charge in [-0.3, -0.25) is 9.58 Å². The van der Waals surface area contributed by atoms with Crippen LogP contribution in [0.2, 0.25) is 0 Å². The van der Waals surface area contributed by atoms with Gasteiger partial charge in [0.15, 0.2) is 0 Å². The van der Waals surface area contributed by atoms with Crippen molar-refractivity contribution in [3.05, 3.63) is 30.1 Å². The van der Waals surface area contributed by atoms with Gasteiger partial charge in [0.1, 0.15) is 5.82 Å². The topological polar surface area (TPSA) is 71.2 Å². The number of nitrogens with one attached hydrogen (secondary N) is 1. The van der Waals surface area contributed by atoms with Crippen LogP contribution in [0.5, 0.6) is 0 Å². The van der Waals surface area contributed by atoms with Crippen molar-refractivity contribution in [2.24, 2.45) is 14.1 Å². The van der Waals surface area contributed by atoms with Crippen molar-refractivity contribution in [3.8, 4) is 0 Å². The summed E-state index contributed by atoms with van der Waals surface area (Å²) in [5.74, 6) is 1.45. The molecule has 2 amide bonds. The summed E-state index contributed by atoms with van der Waals surface area (Å²) in [5, 5.41) is 7.83. The van der Waals surface area contributed by atoms with E-state index in [0.717, 1.165) is 36.6 Å². The number of carbonyl (C=O) groups excluding carboxylic acids is 1. The molecule has 1 saturated heterocycles. The molecule has 0 radical (unpaired) electrons. The van der Waals surface area contributed by atoms with Crippen LogP contribution in [-0.4, -0.2) is 61.8 Å². The molecule has 2 aromatic rings. The molecule has 8 nitrogen and oxygen atoms in total. The molecule has 0 aromatic carbocycles. The third-order valence-corrected chi connectivity index (χ3v) is 6.18. The smallest absolute Gasteiger partial charge is 0.322 e. The number of urea groups is 1. The first kappa shape index (κ1) is 19.0. The van der Waals surface area contributed by atoms with E-state index in [-0.39, 0.29) is 12.1 Å². The SMILES string of the molecule is CN1CCN(C(=O)Nc2cn(C)nc2C2CCCCC2)CC1c1nccn1C. The van der Waals surface area contributed by atoms with E-state index in [9.17, 15) is 4.79 Å². The lowest BCUT2D eigenvalue weighted by Gasteiger charge is -2.38. The van der Waals surface area contributed by atoms with Crippen LogP contribution < -0.4 is 5.32 Å². The molecule has 2 aliphatic rings. The molecule has 1 aliphatic heterocycles. The highest BCUT2D eigenvalue weighted by atomic mass is 16.2. The first-order valence-corrected chi connectivity index (χ1v) is 10.3. The number of likely N-dealkylation sites (N-methyl/N-ethyl adjacent to an activating group) is 1. The Hall–Kier alpha value is -2.35. The second-order valence-corrected chi connectivity index (χ2v) is 8.21. The molecule has 1 atom stereocenters. The number of anilines is 1. The van der Waals surface area contributed by atoms with Crippen molar-refractivity contribution in [1.29, 1.82) is 0 Å². The van der Waals surface area contributed by atoms with E-state index >= 15 is 0 Å². The van der Waals surface area contributed by atoms with Gasteiger partial charge in [-0.2, -0.15) is 5.10 Å². The number of aromatic nitrogens is 4. The summed E-state index contributed by atoms with van der Waals surface area (Å²) >= 11 is 0. The monoisotopic (exact) mass is 385 g/mol. The van der Waals surface area contributed by atoms with E-state index in [1.165, 1.54) is 19.3 Å². The van der Waals surface area contributed by atoms with Gasteiger partial charge in [-0.25, -0.2) is 9.78 Å². The van der Waals surface area contributed by atoms with E-state index in [1.807, 2.05) is 46.8 Å². The lowest BCUT2D eigenvalue weighted by atomic mass is 9.86. The lowest BCUT2D eigenvalue weighted by molar-refractivity contribution is 0.110. The van der Waals surface area contributed by atoms with E-state index in [2.05, 4.69) is 27.3 Å². The van der Waals surface area contributed by atoms with Crippen molar-refractivity contribution in [3.63, 3.8) is 0 Å². The molecular weight excluding hydrogens is 354 g/mol. The molecule has 2 aromatic heterocycles. The number of piperazine rings is 1. The van der Waals surface area contributed by atoms with Gasteiger partial charge in [-0.1, -0.05) is 19.3 Å². The maximum absolute atomic E-state index is 13.1. The van der Waals surface area contributed by atoms with Crippen LogP contribution >= 0.6 is 0 Å². The number of rotatable bonds is 3. The van der Waals surface area contributed by atoms with Crippen LogP contribution in [0.15, 0.2) is 18.6 Å². The zero-order chi connectivity index (χ0) is 19.7. The second kappa shape index (κ2) is 7.95. The maximum Gasteiger partial charge on any atom is 0.322 e. The van der Waals surface area contributed by atoms with Crippen molar-refractivity contribution < 1.29 is 4.79 Å². The predicted octanol–water partition coefficient (Wildman–Crippen LogP) is 2.72. The quantitative estimate of drug-likeness (QED) is 0.882. The lowest BCUT2D eigenvalue weighted by Crippen LogP contribution is -2.50. The number of amides is 2. The van der Waals surface area contributed by atoms with Gasteiger partial charge < -0.3 is 14.8 Å². The third-order valence-electron chi connectivity index (χ3n) is 6.18. The maximum atomic E-state index is 13.1. The normalized spacial score (nSPS) is 21.8. The largest absolute Gasteiger partial charge is 0.337 e. The molecule has 1 aliphatic carbocycles. The minimum Gasteiger partial charge on any atom is -0.337 e. The fourth-order valence-electron chi connectivity index (χ4n) is 4.51. The van der Waals surface area contributed by atoms with Gasteiger partial charge >= 0.3 is 6.03 Å². The van der Waals surface area contributed by atoms with E-state index in [1.54, 1.807) is 0 Å². The fourth-order valence-corrected chi connectivity index (χ4v) is 4.51. The third kappa shape index (κ3) is 3.78. The Morgan fingerprint density at radius 2 is 1.93 bits per heavy atom. The summed E-state index contributed by atoms with van der Waals surface area (Å²) < 4.78 is 3.85. The van der Waals surface area contributed by atoms with E-state index in [4.69, 9.17) is 0 Å². The van der Waals surface area contributed by atoms with Gasteiger partial charge in [0.05, 0.1) is 17.4 Å². The molecule has 8 heteroatoms. The van der Waals surface area contributed by atoms with Crippen molar-refractivity contribution in [2.45, 2.75) is 44.1 Å². The summed E-state index contributed by atoms with van der Waals surface area (Å²) in [4.78, 5) is 21.7. The Bertz CT molecular complexity index is 820. The molecule has 0 bridgehead atoms. The number of nitrogens with zero attached hydrogens (tertiary/aromatic N) is 6. The first-order valence-electron chi connectivity index (χ1n) is 10.3. The summed E-state index contributed by atoms with van der Waals surface area (Å²) in [6.45, 7) is 2.17. The molecule has 2 fully saturated rings. The number of hydrogen-bond donors (Lipinski definition) is 1. The van der Waals surface area contributed by atoms with Gasteiger partial charge in [0.2, 0.25) is 0 Å². The molecule has 152 valence electrons. The van der Waals surface area contributed by atoms with Gasteiger partial charge in [0, 0.05) is 58.2 Å². The Morgan fingerprint density at radius 3 is 2.64 bits per heavy atom. The molecule has 0 spiro atoms. The van der Waals surface area contributed by atoms with Crippen LogP contribution in [0, 0.1) is 0 Å². The molecule has 1 saturated carbocycles. The first-order chi connectivity index (χ1) is 13.5. The zero-order valence-electron chi connectivity index (χ0n) is 17.1. The van der Waals surface area contributed by atoms with Crippen LogP contribution in [0.4, 0.5) is 10.5 Å². The van der Waals surface area contributed by atoms with Crippen molar-refractivity contribution in [1.82, 2.24) is 29.1 Å². The van der Waals surface area contributed by atoms with Crippen LogP contribution in [0.25, 0.3) is 0 Å². The average Bonchev–Trinajstić information content (AvgIpc) is 3.28. The number of hydrogen-bond acceptors (Lipinski definition) is 4. The highest BCUT2D eigenvalue weighted by molar-refractivity contribution is 5.90. The van der Waals surface area contributed by atoms with Gasteiger partial charge in [-0.15, -0.1) is 0 Å². The van der Waals surface area contributed by atoms with E-state index in [0.29, 0.717) is 19.0 Å². The van der Waals surface area contributed by atoms with Gasteiger partial charge in [-0.05, 0) is 19.9 Å². The molecular formula is C20H31N7O. The van der Waals surface area contributed by atoms with E-state index < -0.39 is 0 Å². The molecule has 1 unspecified atom stereocenters. The minimum absolute atomic E-state index is 0.0441. The highest BCUT2D eigenvalue weighted by Gasteiger charge is 2.31. The van der Waals surface area contributed by atoms with Crippen LogP contribution in [0.3, 0.4) is 0 Å². The van der Waals surface area contributed by atoms with Crippen LogP contribution in [0.1, 0.15) is 55.6 Å². The predicted molar refractivity (Wildman–Crippen MR) is 108 cm³/mol. The molecule has 4 rings (SSSR count). The Balaban J connectivity index is 1.47. The molecule has 3 heterocycles. The summed E-state index contributed by atoms with van der Waals surface area (Å²) in [6, 6.07) is 0.0589. The summed E-state index contributed by atoms with van der Waals surface area (Å²) in [5.41, 5.74) is 1.91. The Kier molecular flexibility index (Phi) is 5.39. The second-order valence-electron chi connectivity index (χ2n) is 8.21. The Labute approximate surface area is 166 Å². The average molecular weight is 386 g/mol. The molecule has 28 heavy (non-hydrogen) atoms. The number of aryl methyl sites for hydroxylation is 2. The van der Waals surface area contributed by atoms with Crippen molar-refractivity contribution >= 4 is 11.7 Å². The van der Waals surface area contributed by atoms with Crippen LogP contribution in [-0.2, 0) is 14.1 Å². The zero-order valence-corrected chi connectivity index (χ0v) is 17.1. The Morgan fingerprint density at radius 1 is 1.14 bits per heavy atom. The highest BCUT2D eigenvalue weighted by Crippen LogP contribution is 2.35. The number of imidazole rings is 1. The number of carbonyl (C=O) groups is 1. The van der Waals surface area contributed by atoms with Gasteiger partial charge in [0.25, 0.3) is 0 Å². The molecule has 1 N–H and O–H groups in total. The minimum atomic E-state index is -0.0441. The summed E-state index contributed by atoms with van der Waals surface area (Å²) in [7, 11) is 6.02. The fraction of sp³-hybridized carbons (Fsp3) is 0.650. The van der Waals surface area contributed by atoms with Crippen molar-refractivity contribution in [2.75, 3.05) is 32.0 Å². The standard InChI is InChI=1S/C20H31N7O/c1-24-11-12-27(14-17(24)19-21-9-10-25(19)2)20(28)22-16-13-26(3)23-18(16)15-7-5-4-6-8-15/h9-10,13,15,17H,4-8,11-12,14H2,1-3H3,(H,22,28).